The highest BCUT2D eigenvalue weighted by atomic mass is 16.3. The Bertz CT molecular complexity index is 504. The number of aliphatic hydroxyl groups excluding tert-OH is 1. The molecule has 0 radical (unpaired) electrons. The average molecular weight is 291 g/mol. The van der Waals surface area contributed by atoms with Gasteiger partial charge in [-0.2, -0.15) is 0 Å². The maximum atomic E-state index is 13.0. The molecule has 0 aliphatic rings. The van der Waals surface area contributed by atoms with Gasteiger partial charge in [0.05, 0.1) is 0 Å². The Kier molecular flexibility index (Phi) is 5.97. The predicted molar refractivity (Wildman–Crippen MR) is 88.0 cm³/mol. The average Bonchev–Trinajstić information content (AvgIpc) is 2.43. The first-order valence-electron chi connectivity index (χ1n) is 7.72. The van der Waals surface area contributed by atoms with E-state index in [-0.39, 0.29) is 18.6 Å². The second-order valence-electron chi connectivity index (χ2n) is 6.17. The van der Waals surface area contributed by atoms with Crippen molar-refractivity contribution in [2.24, 2.45) is 0 Å². The Morgan fingerprint density at radius 2 is 1.38 bits per heavy atom. The second-order valence-corrected chi connectivity index (χ2v) is 6.17. The summed E-state index contributed by atoms with van der Waals surface area (Å²) in [4.78, 5) is 14.9. The van der Waals surface area contributed by atoms with Gasteiger partial charge in [0.2, 0.25) is 0 Å². The molecule has 1 rings (SSSR count). The van der Waals surface area contributed by atoms with Crippen molar-refractivity contribution in [3.8, 4) is 0 Å². The van der Waals surface area contributed by atoms with Crippen molar-refractivity contribution in [3.05, 3.63) is 33.4 Å². The molecule has 3 heteroatoms. The Balaban J connectivity index is 3.35. The molecule has 1 N–H and O–H groups in total. The summed E-state index contributed by atoms with van der Waals surface area (Å²) in [5, 5.41) is 9.05. The summed E-state index contributed by atoms with van der Waals surface area (Å²) < 4.78 is 0. The molecule has 21 heavy (non-hydrogen) atoms. The highest BCUT2D eigenvalue weighted by Crippen LogP contribution is 2.27. The van der Waals surface area contributed by atoms with Crippen LogP contribution in [-0.2, 0) is 0 Å². The number of hydrogen-bond acceptors (Lipinski definition) is 2. The Labute approximate surface area is 129 Å². The fourth-order valence-corrected chi connectivity index (χ4v) is 2.80. The van der Waals surface area contributed by atoms with Crippen molar-refractivity contribution in [2.45, 2.75) is 60.9 Å². The maximum Gasteiger partial charge on any atom is 0.254 e. The van der Waals surface area contributed by atoms with E-state index < -0.39 is 0 Å². The first kappa shape index (κ1) is 17.7. The molecule has 3 nitrogen and oxygen atoms in total. The number of rotatable bonds is 5. The van der Waals surface area contributed by atoms with Crippen LogP contribution >= 0.6 is 0 Å². The van der Waals surface area contributed by atoms with Crippen LogP contribution < -0.4 is 0 Å². The van der Waals surface area contributed by atoms with Gasteiger partial charge in [-0.15, -0.1) is 0 Å². The summed E-state index contributed by atoms with van der Waals surface area (Å²) in [5.41, 5.74) is 6.67. The van der Waals surface area contributed by atoms with Crippen LogP contribution in [0.15, 0.2) is 0 Å². The van der Waals surface area contributed by atoms with Gasteiger partial charge in [0.25, 0.3) is 5.91 Å². The van der Waals surface area contributed by atoms with Gasteiger partial charge in [-0.3, -0.25) is 4.79 Å². The first-order valence-corrected chi connectivity index (χ1v) is 7.72. The van der Waals surface area contributed by atoms with Crippen LogP contribution in [0, 0.1) is 34.6 Å². The molecule has 118 valence electrons. The third-order valence-electron chi connectivity index (χ3n) is 4.66. The second kappa shape index (κ2) is 7.08. The van der Waals surface area contributed by atoms with Crippen molar-refractivity contribution in [1.29, 1.82) is 0 Å². The first-order chi connectivity index (χ1) is 9.73. The van der Waals surface area contributed by atoms with Gasteiger partial charge in [0.1, 0.15) is 0 Å². The lowest BCUT2D eigenvalue weighted by Crippen LogP contribution is -2.39. The molecule has 0 heterocycles. The van der Waals surface area contributed by atoms with Crippen molar-refractivity contribution in [1.82, 2.24) is 4.90 Å². The minimum absolute atomic E-state index is 0.0830. The molecule has 0 saturated heterocycles. The number of benzene rings is 1. The number of nitrogens with zero attached hydrogens (tertiary/aromatic N) is 1. The zero-order valence-electron chi connectivity index (χ0n) is 14.5. The van der Waals surface area contributed by atoms with Crippen LogP contribution in [0.4, 0.5) is 0 Å². The Hall–Kier alpha value is -1.35. The molecule has 0 fully saturated rings. The molecule has 0 unspecified atom stereocenters. The van der Waals surface area contributed by atoms with E-state index in [1.807, 2.05) is 32.6 Å². The number of aliphatic hydroxyl groups is 1. The Morgan fingerprint density at radius 1 is 0.952 bits per heavy atom. The highest BCUT2D eigenvalue weighted by molar-refractivity contribution is 5.98. The van der Waals surface area contributed by atoms with E-state index in [0.29, 0.717) is 13.0 Å². The van der Waals surface area contributed by atoms with E-state index in [0.717, 1.165) is 16.7 Å². The van der Waals surface area contributed by atoms with Crippen LogP contribution in [0.3, 0.4) is 0 Å². The number of carbonyl (C=O) groups is 1. The Morgan fingerprint density at radius 3 is 1.76 bits per heavy atom. The molecule has 1 aromatic rings. The van der Waals surface area contributed by atoms with Gasteiger partial charge in [0, 0.05) is 24.8 Å². The van der Waals surface area contributed by atoms with Gasteiger partial charge >= 0.3 is 0 Å². The fourth-order valence-electron chi connectivity index (χ4n) is 2.80. The number of amides is 1. The fraction of sp³-hybridized carbons (Fsp3) is 0.611. The van der Waals surface area contributed by atoms with Gasteiger partial charge in [-0.05, 0) is 82.7 Å². The summed E-state index contributed by atoms with van der Waals surface area (Å²) in [6.45, 7) is 15.1. The summed E-state index contributed by atoms with van der Waals surface area (Å²) in [5.74, 6) is 0.0830. The minimum Gasteiger partial charge on any atom is -0.396 e. The summed E-state index contributed by atoms with van der Waals surface area (Å²) in [7, 11) is 0. The molecular formula is C18H29NO2. The van der Waals surface area contributed by atoms with Crippen LogP contribution in [0.2, 0.25) is 0 Å². The molecule has 0 saturated carbocycles. The summed E-state index contributed by atoms with van der Waals surface area (Å²) >= 11 is 0. The number of carbonyl (C=O) groups excluding carboxylic acids is 1. The van der Waals surface area contributed by atoms with Crippen molar-refractivity contribution >= 4 is 5.91 Å². The lowest BCUT2D eigenvalue weighted by molar-refractivity contribution is 0.0691. The molecule has 0 bridgehead atoms. The molecule has 0 atom stereocenters. The van der Waals surface area contributed by atoms with Gasteiger partial charge in [0.15, 0.2) is 0 Å². The molecular weight excluding hydrogens is 262 g/mol. The molecule has 0 aromatic heterocycles. The van der Waals surface area contributed by atoms with E-state index in [2.05, 4.69) is 20.8 Å². The molecule has 0 aliphatic carbocycles. The van der Waals surface area contributed by atoms with Gasteiger partial charge in [-0.25, -0.2) is 0 Å². The zero-order chi connectivity index (χ0) is 16.3. The highest BCUT2D eigenvalue weighted by Gasteiger charge is 2.24. The third kappa shape index (κ3) is 3.46. The maximum absolute atomic E-state index is 13.0. The quantitative estimate of drug-likeness (QED) is 0.902. The standard InChI is InChI=1S/C18H29NO2/c1-11(2)19(9-8-10-20)18(21)17-15(6)13(4)12(3)14(5)16(17)7/h11,20H,8-10H2,1-7H3. The van der Waals surface area contributed by atoms with Crippen molar-refractivity contribution in [3.63, 3.8) is 0 Å². The molecule has 1 amide bonds. The smallest absolute Gasteiger partial charge is 0.254 e. The normalized spacial score (nSPS) is 11.1. The molecule has 0 aliphatic heterocycles. The van der Waals surface area contributed by atoms with E-state index >= 15 is 0 Å². The summed E-state index contributed by atoms with van der Waals surface area (Å²) in [6, 6.07) is 0.129. The predicted octanol–water partition coefficient (Wildman–Crippen LogP) is 3.46. The minimum atomic E-state index is 0.0830. The van der Waals surface area contributed by atoms with E-state index in [9.17, 15) is 4.79 Å². The number of hydrogen-bond donors (Lipinski definition) is 1. The van der Waals surface area contributed by atoms with Gasteiger partial charge < -0.3 is 10.0 Å². The molecule has 0 spiro atoms. The van der Waals surface area contributed by atoms with Crippen LogP contribution in [0.1, 0.15) is 58.4 Å². The van der Waals surface area contributed by atoms with Crippen LogP contribution in [0.5, 0.6) is 0 Å². The van der Waals surface area contributed by atoms with Crippen LogP contribution in [0.25, 0.3) is 0 Å². The van der Waals surface area contributed by atoms with Gasteiger partial charge in [-0.1, -0.05) is 0 Å². The van der Waals surface area contributed by atoms with E-state index in [1.54, 1.807) is 0 Å². The topological polar surface area (TPSA) is 40.5 Å². The van der Waals surface area contributed by atoms with E-state index in [1.165, 1.54) is 16.7 Å². The van der Waals surface area contributed by atoms with Crippen molar-refractivity contribution in [2.75, 3.05) is 13.2 Å². The monoisotopic (exact) mass is 291 g/mol. The zero-order valence-corrected chi connectivity index (χ0v) is 14.5. The SMILES string of the molecule is Cc1c(C)c(C)c(C(=O)N(CCCO)C(C)C)c(C)c1C. The largest absolute Gasteiger partial charge is 0.396 e. The van der Waals surface area contributed by atoms with E-state index in [4.69, 9.17) is 5.11 Å². The third-order valence-corrected chi connectivity index (χ3v) is 4.66. The molecule has 1 aromatic carbocycles. The van der Waals surface area contributed by atoms with Crippen LogP contribution in [-0.4, -0.2) is 35.1 Å². The van der Waals surface area contributed by atoms with Crippen molar-refractivity contribution < 1.29 is 9.90 Å². The lowest BCUT2D eigenvalue weighted by atomic mass is 9.89. The lowest BCUT2D eigenvalue weighted by Gasteiger charge is -2.29. The summed E-state index contributed by atoms with van der Waals surface area (Å²) in [6.07, 6.45) is 0.617.